The van der Waals surface area contributed by atoms with Crippen LogP contribution in [0.2, 0.25) is 0 Å². The predicted octanol–water partition coefficient (Wildman–Crippen LogP) is 3.89. The minimum absolute atomic E-state index is 0.0641. The first-order chi connectivity index (χ1) is 19.1. The number of nitrogens with one attached hydrogen (secondary N) is 1. The van der Waals surface area contributed by atoms with Gasteiger partial charge in [-0.25, -0.2) is 13.8 Å². The van der Waals surface area contributed by atoms with Crippen LogP contribution in [-0.4, -0.2) is 81.9 Å². The van der Waals surface area contributed by atoms with Crippen molar-refractivity contribution in [2.75, 3.05) is 51.8 Å². The number of methoxy groups -OCH3 is 1. The highest BCUT2D eigenvalue weighted by atomic mass is 19.1. The van der Waals surface area contributed by atoms with E-state index in [0.29, 0.717) is 43.6 Å². The first-order valence-corrected chi connectivity index (χ1v) is 13.2. The topological polar surface area (TPSA) is 80.6 Å². The SMILES string of the molecule is COC1CCN(Cc2cc(Nc3ncc4ccn(-c5cc(F)c(CN6CCOCC6)c(F)c5)c4n3)ccn2)C1. The van der Waals surface area contributed by atoms with Crippen LogP contribution in [0.5, 0.6) is 0 Å². The highest BCUT2D eigenvalue weighted by Crippen LogP contribution is 2.25. The van der Waals surface area contributed by atoms with Gasteiger partial charge < -0.3 is 19.4 Å². The average molecular weight is 536 g/mol. The number of hydrogen-bond donors (Lipinski definition) is 1. The van der Waals surface area contributed by atoms with E-state index in [4.69, 9.17) is 9.47 Å². The van der Waals surface area contributed by atoms with Crippen LogP contribution in [0.4, 0.5) is 20.4 Å². The van der Waals surface area contributed by atoms with Crippen molar-refractivity contribution in [3.8, 4) is 5.69 Å². The summed E-state index contributed by atoms with van der Waals surface area (Å²) < 4.78 is 42.6. The summed E-state index contributed by atoms with van der Waals surface area (Å²) in [5.74, 6) is -0.778. The van der Waals surface area contributed by atoms with Gasteiger partial charge in [0.25, 0.3) is 0 Å². The van der Waals surface area contributed by atoms with Gasteiger partial charge in [0.05, 0.1) is 30.7 Å². The second-order valence-corrected chi connectivity index (χ2v) is 9.98. The molecular weight excluding hydrogens is 504 g/mol. The molecule has 1 aromatic carbocycles. The normalized spacial score (nSPS) is 18.7. The number of hydrogen-bond acceptors (Lipinski definition) is 8. The number of ether oxygens (including phenoxy) is 2. The van der Waals surface area contributed by atoms with Gasteiger partial charge in [0, 0.05) is 81.6 Å². The van der Waals surface area contributed by atoms with Gasteiger partial charge in [0.15, 0.2) is 0 Å². The van der Waals surface area contributed by atoms with Gasteiger partial charge in [-0.15, -0.1) is 0 Å². The van der Waals surface area contributed by atoms with Crippen LogP contribution in [0.1, 0.15) is 17.7 Å². The highest BCUT2D eigenvalue weighted by Gasteiger charge is 2.22. The van der Waals surface area contributed by atoms with Gasteiger partial charge in [-0.05, 0) is 36.8 Å². The van der Waals surface area contributed by atoms with Gasteiger partial charge in [-0.1, -0.05) is 0 Å². The molecule has 0 amide bonds. The van der Waals surface area contributed by atoms with Gasteiger partial charge >= 0.3 is 0 Å². The number of morpholine rings is 1. The van der Waals surface area contributed by atoms with Crippen LogP contribution < -0.4 is 5.32 Å². The number of halogens is 2. The third-order valence-corrected chi connectivity index (χ3v) is 7.34. The van der Waals surface area contributed by atoms with Crippen molar-refractivity contribution in [2.45, 2.75) is 25.6 Å². The Morgan fingerprint density at radius 3 is 2.62 bits per heavy atom. The Hall–Kier alpha value is -3.51. The molecular formula is C28H31F2N7O2. The van der Waals surface area contributed by atoms with E-state index in [9.17, 15) is 0 Å². The minimum atomic E-state index is -0.579. The van der Waals surface area contributed by atoms with Crippen LogP contribution >= 0.6 is 0 Å². The third-order valence-electron chi connectivity index (χ3n) is 7.34. The molecule has 204 valence electrons. The smallest absolute Gasteiger partial charge is 0.229 e. The van der Waals surface area contributed by atoms with Gasteiger partial charge in [-0.2, -0.15) is 4.98 Å². The summed E-state index contributed by atoms with van der Waals surface area (Å²) in [5, 5.41) is 4.00. The fraction of sp³-hybridized carbons (Fsp3) is 0.393. The quantitative estimate of drug-likeness (QED) is 0.364. The molecule has 6 rings (SSSR count). The number of anilines is 2. The Morgan fingerprint density at radius 1 is 1.03 bits per heavy atom. The van der Waals surface area contributed by atoms with Crippen molar-refractivity contribution in [3.63, 3.8) is 0 Å². The van der Waals surface area contributed by atoms with Crippen LogP contribution in [0.15, 0.2) is 48.9 Å². The average Bonchev–Trinajstić information content (AvgIpc) is 3.58. The maximum atomic E-state index is 15.1. The molecule has 1 atom stereocenters. The summed E-state index contributed by atoms with van der Waals surface area (Å²) in [7, 11) is 1.75. The van der Waals surface area contributed by atoms with E-state index in [1.54, 1.807) is 30.3 Å². The zero-order valence-electron chi connectivity index (χ0n) is 21.8. The van der Waals surface area contributed by atoms with E-state index in [0.717, 1.165) is 42.8 Å². The number of benzene rings is 1. The van der Waals surface area contributed by atoms with Crippen LogP contribution in [0.25, 0.3) is 16.7 Å². The Kier molecular flexibility index (Phi) is 7.47. The number of likely N-dealkylation sites (tertiary alicyclic amines) is 1. The lowest BCUT2D eigenvalue weighted by Gasteiger charge is -2.27. The molecule has 4 aromatic rings. The fourth-order valence-corrected chi connectivity index (χ4v) is 5.18. The molecule has 2 saturated heterocycles. The molecule has 0 saturated carbocycles. The molecule has 0 radical (unpaired) electrons. The van der Waals surface area contributed by atoms with Gasteiger partial charge in [-0.3, -0.25) is 14.8 Å². The lowest BCUT2D eigenvalue weighted by molar-refractivity contribution is 0.0332. The Labute approximate surface area is 225 Å². The van der Waals surface area contributed by atoms with Crippen molar-refractivity contribution >= 4 is 22.7 Å². The van der Waals surface area contributed by atoms with Crippen LogP contribution in [0.3, 0.4) is 0 Å². The van der Waals surface area contributed by atoms with Gasteiger partial charge in [0.2, 0.25) is 5.95 Å². The first-order valence-electron chi connectivity index (χ1n) is 13.2. The third kappa shape index (κ3) is 5.76. The molecule has 2 fully saturated rings. The van der Waals surface area contributed by atoms with E-state index < -0.39 is 11.6 Å². The lowest BCUT2D eigenvalue weighted by Crippen LogP contribution is -2.36. The first kappa shape index (κ1) is 25.8. The minimum Gasteiger partial charge on any atom is -0.380 e. The summed E-state index contributed by atoms with van der Waals surface area (Å²) in [6.07, 6.45) is 6.48. The Balaban J connectivity index is 1.21. The number of aromatic nitrogens is 4. The Morgan fingerprint density at radius 2 is 1.85 bits per heavy atom. The zero-order chi connectivity index (χ0) is 26.8. The Bertz CT molecular complexity index is 1430. The second kappa shape index (κ2) is 11.3. The van der Waals surface area contributed by atoms with Crippen molar-refractivity contribution in [3.05, 3.63) is 71.8 Å². The van der Waals surface area contributed by atoms with Crippen molar-refractivity contribution in [1.29, 1.82) is 0 Å². The maximum Gasteiger partial charge on any atom is 0.229 e. The van der Waals surface area contributed by atoms with Crippen molar-refractivity contribution in [2.24, 2.45) is 0 Å². The molecule has 1 unspecified atom stereocenters. The summed E-state index contributed by atoms with van der Waals surface area (Å²) >= 11 is 0. The molecule has 1 N–H and O–H groups in total. The fourth-order valence-electron chi connectivity index (χ4n) is 5.18. The molecule has 2 aliphatic rings. The second-order valence-electron chi connectivity index (χ2n) is 9.98. The number of pyridine rings is 1. The monoisotopic (exact) mass is 535 g/mol. The largest absolute Gasteiger partial charge is 0.380 e. The summed E-state index contributed by atoms with van der Waals surface area (Å²) in [5.41, 5.74) is 2.72. The highest BCUT2D eigenvalue weighted by molar-refractivity contribution is 5.78. The standard InChI is InChI=1S/C28H31F2N7O2/c1-38-23-4-6-36(17-23)16-21-12-20(2-5-31-21)33-28-32-15-19-3-7-37(27(19)34-28)22-13-25(29)24(26(30)14-22)18-35-8-10-39-11-9-35/h2-3,5,7,12-15,23H,4,6,8-11,16-18H2,1H3,(H,31,32,33,34). The van der Waals surface area contributed by atoms with Crippen molar-refractivity contribution < 1.29 is 18.3 Å². The van der Waals surface area contributed by atoms with E-state index >= 15 is 8.78 Å². The van der Waals surface area contributed by atoms with Crippen LogP contribution in [0, 0.1) is 11.6 Å². The number of rotatable bonds is 8. The number of fused-ring (bicyclic) bond motifs is 1. The molecule has 39 heavy (non-hydrogen) atoms. The molecule has 9 nitrogen and oxygen atoms in total. The molecule has 11 heteroatoms. The summed E-state index contributed by atoms with van der Waals surface area (Å²) in [6.45, 7) is 5.26. The van der Waals surface area contributed by atoms with E-state index in [2.05, 4.69) is 25.2 Å². The lowest BCUT2D eigenvalue weighted by atomic mass is 10.1. The maximum absolute atomic E-state index is 15.1. The molecule has 5 heterocycles. The molecule has 0 bridgehead atoms. The van der Waals surface area contributed by atoms with Crippen LogP contribution in [-0.2, 0) is 22.6 Å². The summed E-state index contributed by atoms with van der Waals surface area (Å²) in [4.78, 5) is 17.9. The van der Waals surface area contributed by atoms with E-state index in [1.807, 2.05) is 23.1 Å². The number of nitrogens with zero attached hydrogens (tertiary/aromatic N) is 6. The van der Waals surface area contributed by atoms with Gasteiger partial charge in [0.1, 0.15) is 17.3 Å². The van der Waals surface area contributed by atoms with E-state index in [-0.39, 0.29) is 18.2 Å². The predicted molar refractivity (Wildman–Crippen MR) is 143 cm³/mol. The molecule has 0 aliphatic carbocycles. The van der Waals surface area contributed by atoms with E-state index in [1.165, 1.54) is 12.1 Å². The molecule has 0 spiro atoms. The van der Waals surface area contributed by atoms with Crippen molar-refractivity contribution in [1.82, 2.24) is 29.3 Å². The molecule has 2 aliphatic heterocycles. The summed E-state index contributed by atoms with van der Waals surface area (Å²) in [6, 6.07) is 8.37. The molecule has 3 aromatic heterocycles. The zero-order valence-corrected chi connectivity index (χ0v) is 21.8.